The lowest BCUT2D eigenvalue weighted by atomic mass is 9.97. The van der Waals surface area contributed by atoms with E-state index in [9.17, 15) is 4.79 Å². The highest BCUT2D eigenvalue weighted by atomic mass is 79.9. The van der Waals surface area contributed by atoms with Gasteiger partial charge in [0.1, 0.15) is 0 Å². The van der Waals surface area contributed by atoms with Crippen LogP contribution in [0.25, 0.3) is 0 Å². The van der Waals surface area contributed by atoms with Crippen molar-refractivity contribution in [2.75, 3.05) is 20.1 Å². The highest BCUT2D eigenvalue weighted by molar-refractivity contribution is 9.10. The summed E-state index contributed by atoms with van der Waals surface area (Å²) in [6.07, 6.45) is 0.991. The second kappa shape index (κ2) is 4.45. The molecule has 0 amide bonds. The van der Waals surface area contributed by atoms with Crippen LogP contribution in [0.1, 0.15) is 16.8 Å². The molecular formula is C12H14BrNO. The van der Waals surface area contributed by atoms with Gasteiger partial charge in [-0.15, -0.1) is 0 Å². The van der Waals surface area contributed by atoms with Gasteiger partial charge < -0.3 is 4.90 Å². The molecule has 0 spiro atoms. The van der Waals surface area contributed by atoms with E-state index in [0.717, 1.165) is 29.5 Å². The molecule has 1 aliphatic heterocycles. The highest BCUT2D eigenvalue weighted by Gasteiger charge is 2.26. The van der Waals surface area contributed by atoms with Crippen LogP contribution in [0.15, 0.2) is 28.7 Å². The van der Waals surface area contributed by atoms with Crippen molar-refractivity contribution < 1.29 is 4.79 Å². The SMILES string of the molecule is CN1CCC(C(=O)c2ccc(Br)cc2)C1. The number of carbonyl (C=O) groups is 1. The fraction of sp³-hybridized carbons (Fsp3) is 0.417. The molecule has 1 aliphatic rings. The third-order valence-electron chi connectivity index (χ3n) is 2.89. The topological polar surface area (TPSA) is 20.3 Å². The quantitative estimate of drug-likeness (QED) is 0.768. The maximum absolute atomic E-state index is 12.1. The van der Waals surface area contributed by atoms with E-state index < -0.39 is 0 Å². The predicted octanol–water partition coefficient (Wildman–Crippen LogP) is 2.58. The molecule has 1 saturated heterocycles. The molecule has 0 N–H and O–H groups in total. The van der Waals surface area contributed by atoms with E-state index in [1.807, 2.05) is 24.3 Å². The van der Waals surface area contributed by atoms with Crippen molar-refractivity contribution in [3.8, 4) is 0 Å². The molecule has 1 atom stereocenters. The maximum Gasteiger partial charge on any atom is 0.167 e. The minimum atomic E-state index is 0.191. The predicted molar refractivity (Wildman–Crippen MR) is 64.1 cm³/mol. The molecule has 1 unspecified atom stereocenters. The first kappa shape index (κ1) is 10.8. The number of rotatable bonds is 2. The summed E-state index contributed by atoms with van der Waals surface area (Å²) in [5.74, 6) is 0.475. The number of Topliss-reactive ketones (excluding diaryl/α,β-unsaturated/α-hetero) is 1. The number of ketones is 1. The van der Waals surface area contributed by atoms with Gasteiger partial charge in [0.2, 0.25) is 0 Å². The van der Waals surface area contributed by atoms with Crippen molar-refractivity contribution in [2.24, 2.45) is 5.92 Å². The Morgan fingerprint density at radius 3 is 2.60 bits per heavy atom. The zero-order chi connectivity index (χ0) is 10.8. The first-order chi connectivity index (χ1) is 7.16. The molecule has 1 fully saturated rings. The van der Waals surface area contributed by atoms with Gasteiger partial charge in [-0.3, -0.25) is 4.79 Å². The Balaban J connectivity index is 2.11. The standard InChI is InChI=1S/C12H14BrNO/c1-14-7-6-10(8-14)12(15)9-2-4-11(13)5-3-9/h2-5,10H,6-8H2,1H3. The van der Waals surface area contributed by atoms with Crippen LogP contribution >= 0.6 is 15.9 Å². The summed E-state index contributed by atoms with van der Waals surface area (Å²) in [5, 5.41) is 0. The average molecular weight is 268 g/mol. The average Bonchev–Trinajstić information content (AvgIpc) is 2.65. The Labute approximate surface area is 98.4 Å². The van der Waals surface area contributed by atoms with Gasteiger partial charge in [-0.2, -0.15) is 0 Å². The van der Waals surface area contributed by atoms with Crippen LogP contribution in [0.2, 0.25) is 0 Å². The van der Waals surface area contributed by atoms with E-state index >= 15 is 0 Å². The lowest BCUT2D eigenvalue weighted by Crippen LogP contribution is -2.19. The number of hydrogen-bond acceptors (Lipinski definition) is 2. The molecule has 1 heterocycles. The third-order valence-corrected chi connectivity index (χ3v) is 3.42. The third kappa shape index (κ3) is 2.47. The molecular weight excluding hydrogens is 254 g/mol. The van der Waals surface area contributed by atoms with Crippen molar-refractivity contribution in [1.82, 2.24) is 4.90 Å². The first-order valence-electron chi connectivity index (χ1n) is 5.15. The largest absolute Gasteiger partial charge is 0.306 e. The van der Waals surface area contributed by atoms with Crippen molar-refractivity contribution in [3.63, 3.8) is 0 Å². The van der Waals surface area contributed by atoms with Gasteiger partial charge in [0.25, 0.3) is 0 Å². The molecule has 0 bridgehead atoms. The summed E-state index contributed by atoms with van der Waals surface area (Å²) in [5.41, 5.74) is 0.832. The van der Waals surface area contributed by atoms with Crippen molar-refractivity contribution in [2.45, 2.75) is 6.42 Å². The maximum atomic E-state index is 12.1. The lowest BCUT2D eigenvalue weighted by Gasteiger charge is -2.09. The number of likely N-dealkylation sites (tertiary alicyclic amines) is 1. The van der Waals surface area contributed by atoms with Crippen LogP contribution in [0, 0.1) is 5.92 Å². The lowest BCUT2D eigenvalue weighted by molar-refractivity contribution is 0.0924. The van der Waals surface area contributed by atoms with Crippen LogP contribution < -0.4 is 0 Å². The summed E-state index contributed by atoms with van der Waals surface area (Å²) < 4.78 is 1.02. The van der Waals surface area contributed by atoms with E-state index in [2.05, 4.69) is 27.9 Å². The summed E-state index contributed by atoms with van der Waals surface area (Å²) >= 11 is 3.37. The molecule has 80 valence electrons. The highest BCUT2D eigenvalue weighted by Crippen LogP contribution is 2.20. The van der Waals surface area contributed by atoms with Crippen molar-refractivity contribution in [3.05, 3.63) is 34.3 Å². The summed E-state index contributed by atoms with van der Waals surface area (Å²) in [7, 11) is 2.06. The minimum Gasteiger partial charge on any atom is -0.306 e. The van der Waals surface area contributed by atoms with Crippen LogP contribution in [-0.4, -0.2) is 30.8 Å². The number of nitrogens with zero attached hydrogens (tertiary/aromatic N) is 1. The summed E-state index contributed by atoms with van der Waals surface area (Å²) in [4.78, 5) is 14.3. The van der Waals surface area contributed by atoms with Gasteiger partial charge in [-0.1, -0.05) is 28.1 Å². The van der Waals surface area contributed by atoms with Gasteiger partial charge in [0, 0.05) is 22.5 Å². The van der Waals surface area contributed by atoms with E-state index in [4.69, 9.17) is 0 Å². The van der Waals surface area contributed by atoms with E-state index in [-0.39, 0.29) is 11.7 Å². The smallest absolute Gasteiger partial charge is 0.167 e. The molecule has 0 aromatic heterocycles. The monoisotopic (exact) mass is 267 g/mol. The van der Waals surface area contributed by atoms with Crippen molar-refractivity contribution >= 4 is 21.7 Å². The molecule has 1 aromatic rings. The van der Waals surface area contributed by atoms with Gasteiger partial charge in [-0.25, -0.2) is 0 Å². The fourth-order valence-corrected chi connectivity index (χ4v) is 2.26. The Morgan fingerprint density at radius 1 is 1.40 bits per heavy atom. The number of benzene rings is 1. The Kier molecular flexibility index (Phi) is 3.22. The minimum absolute atomic E-state index is 0.191. The van der Waals surface area contributed by atoms with Gasteiger partial charge in [0.05, 0.1) is 0 Å². The summed E-state index contributed by atoms with van der Waals surface area (Å²) in [6, 6.07) is 7.63. The Hall–Kier alpha value is -0.670. The summed E-state index contributed by atoms with van der Waals surface area (Å²) in [6.45, 7) is 1.93. The number of carbonyl (C=O) groups excluding carboxylic acids is 1. The van der Waals surface area contributed by atoms with Crippen LogP contribution in [-0.2, 0) is 0 Å². The van der Waals surface area contributed by atoms with Crippen LogP contribution in [0.4, 0.5) is 0 Å². The van der Waals surface area contributed by atoms with E-state index in [1.165, 1.54) is 0 Å². The molecule has 0 aliphatic carbocycles. The number of halogens is 1. The van der Waals surface area contributed by atoms with Gasteiger partial charge in [-0.05, 0) is 32.1 Å². The molecule has 2 rings (SSSR count). The first-order valence-corrected chi connectivity index (χ1v) is 5.94. The molecule has 15 heavy (non-hydrogen) atoms. The second-order valence-electron chi connectivity index (χ2n) is 4.12. The van der Waals surface area contributed by atoms with E-state index in [0.29, 0.717) is 0 Å². The molecule has 2 nitrogen and oxygen atoms in total. The fourth-order valence-electron chi connectivity index (χ4n) is 2.00. The normalized spacial score (nSPS) is 21.9. The van der Waals surface area contributed by atoms with Crippen molar-refractivity contribution in [1.29, 1.82) is 0 Å². The molecule has 1 aromatic carbocycles. The molecule has 0 saturated carbocycles. The number of hydrogen-bond donors (Lipinski definition) is 0. The molecule has 3 heteroatoms. The zero-order valence-corrected chi connectivity index (χ0v) is 10.3. The van der Waals surface area contributed by atoms with Gasteiger partial charge in [0.15, 0.2) is 5.78 Å². The Morgan fingerprint density at radius 2 is 2.07 bits per heavy atom. The van der Waals surface area contributed by atoms with Crippen LogP contribution in [0.5, 0.6) is 0 Å². The molecule has 0 radical (unpaired) electrons. The zero-order valence-electron chi connectivity index (χ0n) is 8.74. The Bertz CT molecular complexity index is 360. The van der Waals surface area contributed by atoms with Gasteiger partial charge >= 0.3 is 0 Å². The van der Waals surface area contributed by atoms with Crippen LogP contribution in [0.3, 0.4) is 0 Å². The van der Waals surface area contributed by atoms with E-state index in [1.54, 1.807) is 0 Å². The second-order valence-corrected chi connectivity index (χ2v) is 5.03.